The highest BCUT2D eigenvalue weighted by atomic mass is 127. The maximum Gasteiger partial charge on any atom is 0.243 e. The van der Waals surface area contributed by atoms with Crippen LogP contribution in [-0.2, 0) is 11.3 Å². The van der Waals surface area contributed by atoms with Crippen LogP contribution in [0, 0.1) is 6.92 Å². The third-order valence-corrected chi connectivity index (χ3v) is 4.29. The molecule has 0 bridgehead atoms. The molecule has 1 aliphatic carbocycles. The Balaban J connectivity index is 0.00000288. The number of amides is 1. The summed E-state index contributed by atoms with van der Waals surface area (Å²) in [6.07, 6.45) is 6.55. The Labute approximate surface area is 161 Å². The summed E-state index contributed by atoms with van der Waals surface area (Å²) < 4.78 is 5.36. The normalized spacial score (nSPS) is 15.1. The Kier molecular flexibility index (Phi) is 8.58. The summed E-state index contributed by atoms with van der Waals surface area (Å²) in [5.41, 5.74) is 1.13. The molecule has 1 N–H and O–H groups in total. The number of carbonyl (C=O) groups is 1. The van der Waals surface area contributed by atoms with Crippen LogP contribution >= 0.6 is 24.0 Å². The lowest BCUT2D eigenvalue weighted by molar-refractivity contribution is -0.127. The zero-order valence-corrected chi connectivity index (χ0v) is 17.4. The minimum atomic E-state index is 0. The van der Waals surface area contributed by atoms with Crippen molar-refractivity contribution in [1.29, 1.82) is 0 Å². The fourth-order valence-corrected chi connectivity index (χ4v) is 2.72. The van der Waals surface area contributed by atoms with Gasteiger partial charge in [-0.3, -0.25) is 4.79 Å². The lowest BCUT2D eigenvalue weighted by Crippen LogP contribution is -2.43. The number of halogens is 1. The number of carbonyl (C=O) groups excluding carboxylic acids is 1. The molecule has 136 valence electrons. The lowest BCUT2D eigenvalue weighted by Gasteiger charge is -2.25. The summed E-state index contributed by atoms with van der Waals surface area (Å²) in [6.45, 7) is 2.83. The number of furan rings is 1. The molecule has 0 aromatic carbocycles. The SMILES string of the molecule is Cc1occc1CN(C)C(=NCC(=O)N(C)C)NC1CCCC1.I. The van der Waals surface area contributed by atoms with Gasteiger partial charge in [-0.1, -0.05) is 12.8 Å². The van der Waals surface area contributed by atoms with Gasteiger partial charge in [0.2, 0.25) is 5.91 Å². The van der Waals surface area contributed by atoms with Gasteiger partial charge in [-0.2, -0.15) is 0 Å². The second-order valence-corrected chi connectivity index (χ2v) is 6.41. The number of hydrogen-bond donors (Lipinski definition) is 1. The summed E-state index contributed by atoms with van der Waals surface area (Å²) in [6, 6.07) is 2.43. The molecule has 0 radical (unpaired) electrons. The van der Waals surface area contributed by atoms with Crippen LogP contribution in [0.25, 0.3) is 0 Å². The number of aryl methyl sites for hydroxylation is 1. The third kappa shape index (κ3) is 5.99. The molecule has 24 heavy (non-hydrogen) atoms. The van der Waals surface area contributed by atoms with Crippen LogP contribution in [-0.4, -0.2) is 55.4 Å². The van der Waals surface area contributed by atoms with Gasteiger partial charge >= 0.3 is 0 Å². The van der Waals surface area contributed by atoms with Crippen molar-refractivity contribution in [1.82, 2.24) is 15.1 Å². The maximum absolute atomic E-state index is 11.8. The van der Waals surface area contributed by atoms with Crippen LogP contribution in [0.2, 0.25) is 0 Å². The Hall–Kier alpha value is -1.25. The van der Waals surface area contributed by atoms with Crippen LogP contribution in [0.3, 0.4) is 0 Å². The molecule has 1 aromatic rings. The average Bonchev–Trinajstić information content (AvgIpc) is 3.15. The van der Waals surface area contributed by atoms with Crippen molar-refractivity contribution in [2.45, 2.75) is 45.2 Å². The summed E-state index contributed by atoms with van der Waals surface area (Å²) in [4.78, 5) is 20.0. The molecule has 0 spiro atoms. The van der Waals surface area contributed by atoms with Gasteiger partial charge in [-0.15, -0.1) is 24.0 Å². The van der Waals surface area contributed by atoms with Crippen molar-refractivity contribution in [3.8, 4) is 0 Å². The number of hydrogen-bond acceptors (Lipinski definition) is 3. The molecule has 0 atom stereocenters. The van der Waals surface area contributed by atoms with E-state index in [1.165, 1.54) is 25.7 Å². The summed E-state index contributed by atoms with van der Waals surface area (Å²) in [5, 5.41) is 3.52. The fraction of sp³-hybridized carbons (Fsp3) is 0.647. The van der Waals surface area contributed by atoms with Crippen LogP contribution in [0.4, 0.5) is 0 Å². The molecule has 0 aliphatic heterocycles. The first-order chi connectivity index (χ1) is 11.0. The van der Waals surface area contributed by atoms with Gasteiger partial charge in [-0.25, -0.2) is 4.99 Å². The van der Waals surface area contributed by atoms with E-state index in [0.717, 1.165) is 17.3 Å². The van der Waals surface area contributed by atoms with E-state index < -0.39 is 0 Å². The number of nitrogens with one attached hydrogen (secondary N) is 1. The molecule has 1 saturated carbocycles. The number of nitrogens with zero attached hydrogens (tertiary/aromatic N) is 3. The molecule has 0 unspecified atom stereocenters. The summed E-state index contributed by atoms with van der Waals surface area (Å²) in [7, 11) is 5.49. The minimum absolute atomic E-state index is 0. The van der Waals surface area contributed by atoms with Gasteiger partial charge in [0.25, 0.3) is 0 Å². The first-order valence-electron chi connectivity index (χ1n) is 8.22. The molecule has 1 amide bonds. The fourth-order valence-electron chi connectivity index (χ4n) is 2.72. The van der Waals surface area contributed by atoms with E-state index >= 15 is 0 Å². The Morgan fingerprint density at radius 1 is 1.33 bits per heavy atom. The zero-order chi connectivity index (χ0) is 16.8. The molecule has 6 nitrogen and oxygen atoms in total. The van der Waals surface area contributed by atoms with Gasteiger partial charge in [0, 0.05) is 39.3 Å². The van der Waals surface area contributed by atoms with Crippen molar-refractivity contribution in [2.75, 3.05) is 27.7 Å². The van der Waals surface area contributed by atoms with Gasteiger partial charge in [0.1, 0.15) is 12.3 Å². The van der Waals surface area contributed by atoms with Crippen LogP contribution in [0.1, 0.15) is 37.0 Å². The predicted molar refractivity (Wildman–Crippen MR) is 107 cm³/mol. The molecule has 1 fully saturated rings. The average molecular weight is 448 g/mol. The lowest BCUT2D eigenvalue weighted by atomic mass is 10.2. The second kappa shape index (κ2) is 9.90. The number of aliphatic imine (C=N–C) groups is 1. The van der Waals surface area contributed by atoms with Crippen molar-refractivity contribution in [2.24, 2.45) is 4.99 Å². The second-order valence-electron chi connectivity index (χ2n) is 6.41. The topological polar surface area (TPSA) is 61.1 Å². The Bertz CT molecular complexity index is 551. The van der Waals surface area contributed by atoms with Crippen molar-refractivity contribution in [3.05, 3.63) is 23.7 Å². The maximum atomic E-state index is 11.8. The van der Waals surface area contributed by atoms with E-state index in [4.69, 9.17) is 4.42 Å². The minimum Gasteiger partial charge on any atom is -0.469 e. The number of likely N-dealkylation sites (N-methyl/N-ethyl adjacent to an activating group) is 1. The van der Waals surface area contributed by atoms with Gasteiger partial charge in [0.05, 0.1) is 6.26 Å². The highest BCUT2D eigenvalue weighted by molar-refractivity contribution is 14.0. The highest BCUT2D eigenvalue weighted by Gasteiger charge is 2.19. The van der Waals surface area contributed by atoms with Gasteiger partial charge in [-0.05, 0) is 25.8 Å². The Morgan fingerprint density at radius 2 is 2.00 bits per heavy atom. The van der Waals surface area contributed by atoms with Crippen molar-refractivity contribution >= 4 is 35.8 Å². The number of guanidine groups is 1. The first-order valence-corrected chi connectivity index (χ1v) is 8.22. The predicted octanol–water partition coefficient (Wildman–Crippen LogP) is 2.61. The molecule has 1 heterocycles. The van der Waals surface area contributed by atoms with Crippen molar-refractivity contribution < 1.29 is 9.21 Å². The Morgan fingerprint density at radius 3 is 2.54 bits per heavy atom. The molecule has 2 rings (SSSR count). The first kappa shape index (κ1) is 20.8. The summed E-state index contributed by atoms with van der Waals surface area (Å²) >= 11 is 0. The molecule has 1 aliphatic rings. The molecular weight excluding hydrogens is 419 g/mol. The summed E-state index contributed by atoms with van der Waals surface area (Å²) in [5.74, 6) is 1.71. The monoisotopic (exact) mass is 448 g/mol. The van der Waals surface area contributed by atoms with E-state index in [1.54, 1.807) is 25.3 Å². The third-order valence-electron chi connectivity index (χ3n) is 4.29. The molecule has 1 aromatic heterocycles. The zero-order valence-electron chi connectivity index (χ0n) is 15.0. The molecular formula is C17H29IN4O2. The van der Waals surface area contributed by atoms with E-state index in [1.807, 2.05) is 20.0 Å². The number of rotatable bonds is 5. The van der Waals surface area contributed by atoms with E-state index in [0.29, 0.717) is 12.6 Å². The van der Waals surface area contributed by atoms with Crippen LogP contribution in [0.15, 0.2) is 21.7 Å². The van der Waals surface area contributed by atoms with Crippen LogP contribution in [0.5, 0.6) is 0 Å². The van der Waals surface area contributed by atoms with E-state index in [2.05, 4.69) is 15.2 Å². The largest absolute Gasteiger partial charge is 0.469 e. The van der Waals surface area contributed by atoms with E-state index in [9.17, 15) is 4.79 Å². The molecule has 7 heteroatoms. The standard InChI is InChI=1S/C17H28N4O2.HI/c1-13-14(9-10-23-13)12-21(4)17(18-11-16(22)20(2)3)19-15-7-5-6-8-15;/h9-10,15H,5-8,11-12H2,1-4H3,(H,18,19);1H. The highest BCUT2D eigenvalue weighted by Crippen LogP contribution is 2.18. The smallest absolute Gasteiger partial charge is 0.243 e. The quantitative estimate of drug-likeness (QED) is 0.428. The van der Waals surface area contributed by atoms with E-state index in [-0.39, 0.29) is 36.4 Å². The van der Waals surface area contributed by atoms with Gasteiger partial charge < -0.3 is 19.5 Å². The van der Waals surface area contributed by atoms with Crippen LogP contribution < -0.4 is 5.32 Å². The molecule has 0 saturated heterocycles. The van der Waals surface area contributed by atoms with Crippen molar-refractivity contribution in [3.63, 3.8) is 0 Å². The van der Waals surface area contributed by atoms with Gasteiger partial charge in [0.15, 0.2) is 5.96 Å².